The van der Waals surface area contributed by atoms with Crippen LogP contribution in [0.1, 0.15) is 12.1 Å². The van der Waals surface area contributed by atoms with E-state index in [-0.39, 0.29) is 6.07 Å². The quantitative estimate of drug-likeness (QED) is 0.370. The maximum absolute atomic E-state index is 12.4. The van der Waals surface area contributed by atoms with Gasteiger partial charge in [-0.05, 0) is 0 Å². The lowest BCUT2D eigenvalue weighted by Gasteiger charge is -2.12. The minimum atomic E-state index is -5.28. The molecule has 0 spiro atoms. The number of pyridine rings is 1. The molecule has 0 fully saturated rings. The minimum Gasteiger partial charge on any atom is -0.403 e. The third kappa shape index (κ3) is 3.39. The maximum atomic E-state index is 12.4. The van der Waals surface area contributed by atoms with Gasteiger partial charge in [-0.2, -0.15) is 0 Å². The van der Waals surface area contributed by atoms with E-state index in [0.717, 1.165) is 0 Å². The van der Waals surface area contributed by atoms with Crippen molar-refractivity contribution in [3.63, 3.8) is 0 Å². The molecule has 5 nitrogen and oxygen atoms in total. The normalized spacial score (nSPS) is 11.7. The van der Waals surface area contributed by atoms with Crippen LogP contribution in [0, 0.1) is 10.1 Å². The van der Waals surface area contributed by atoms with Crippen LogP contribution in [0.4, 0.5) is 27.6 Å². The lowest BCUT2D eigenvalue weighted by molar-refractivity contribution is -0.385. The fraction of sp³-hybridized carbons (Fsp3) is 0.286. The molecule has 1 rings (SSSR count). The first-order valence-electron chi connectivity index (χ1n) is 4.00. The molecule has 0 aliphatic rings. The molecule has 11 heteroatoms. The molecule has 0 saturated carbocycles. The predicted molar refractivity (Wildman–Crippen MR) is 47.5 cm³/mol. The van der Waals surface area contributed by atoms with E-state index in [4.69, 9.17) is 11.6 Å². The van der Waals surface area contributed by atoms with Crippen LogP contribution in [0.2, 0.25) is 5.15 Å². The zero-order valence-electron chi connectivity index (χ0n) is 8.04. The SMILES string of the molecule is O=[N+]([O-])c1cc(OC(F)(F)F)c(C(F)F)nc1Cl. The number of rotatable bonds is 3. The molecule has 0 bridgehead atoms. The fourth-order valence-electron chi connectivity index (χ4n) is 0.967. The summed E-state index contributed by atoms with van der Waals surface area (Å²) >= 11 is 5.19. The molecule has 0 aromatic carbocycles. The summed E-state index contributed by atoms with van der Waals surface area (Å²) in [7, 11) is 0. The molecular formula is C7H2ClF5N2O3. The molecule has 0 radical (unpaired) electrons. The number of hydrogen-bond acceptors (Lipinski definition) is 4. The van der Waals surface area contributed by atoms with Crippen molar-refractivity contribution in [2.45, 2.75) is 12.8 Å². The molecule has 1 heterocycles. The van der Waals surface area contributed by atoms with E-state index >= 15 is 0 Å². The number of halogens is 6. The number of aromatic nitrogens is 1. The molecule has 1 aromatic heterocycles. The number of hydrogen-bond donors (Lipinski definition) is 0. The second kappa shape index (κ2) is 4.88. The van der Waals surface area contributed by atoms with Crippen LogP contribution in [-0.2, 0) is 0 Å². The zero-order valence-corrected chi connectivity index (χ0v) is 8.80. The number of nitrogens with zero attached hydrogens (tertiary/aromatic N) is 2. The summed E-state index contributed by atoms with van der Waals surface area (Å²) in [5, 5.41) is 9.42. The topological polar surface area (TPSA) is 65.3 Å². The summed E-state index contributed by atoms with van der Waals surface area (Å²) in [4.78, 5) is 12.0. The Balaban J connectivity index is 3.35. The van der Waals surface area contributed by atoms with Crippen molar-refractivity contribution in [1.82, 2.24) is 4.98 Å². The summed E-state index contributed by atoms with van der Waals surface area (Å²) in [6.45, 7) is 0. The first-order chi connectivity index (χ1) is 8.11. The van der Waals surface area contributed by atoms with Crippen molar-refractivity contribution >= 4 is 17.3 Å². The van der Waals surface area contributed by atoms with Crippen LogP contribution in [0.5, 0.6) is 5.75 Å². The van der Waals surface area contributed by atoms with Gasteiger partial charge in [0.05, 0.1) is 11.0 Å². The van der Waals surface area contributed by atoms with E-state index in [1.54, 1.807) is 0 Å². The average Bonchev–Trinajstić information content (AvgIpc) is 2.17. The van der Waals surface area contributed by atoms with E-state index in [1.165, 1.54) is 0 Å². The Labute approximate surface area is 100 Å². The van der Waals surface area contributed by atoms with E-state index < -0.39 is 40.0 Å². The van der Waals surface area contributed by atoms with E-state index in [2.05, 4.69) is 9.72 Å². The second-order valence-corrected chi connectivity index (χ2v) is 3.15. The molecule has 0 atom stereocenters. The van der Waals surface area contributed by atoms with Gasteiger partial charge in [0, 0.05) is 0 Å². The van der Waals surface area contributed by atoms with Gasteiger partial charge in [-0.25, -0.2) is 13.8 Å². The maximum Gasteiger partial charge on any atom is 0.573 e. The molecule has 0 saturated heterocycles. The van der Waals surface area contributed by atoms with E-state index in [9.17, 15) is 32.1 Å². The van der Waals surface area contributed by atoms with Crippen LogP contribution >= 0.6 is 11.6 Å². The molecule has 18 heavy (non-hydrogen) atoms. The zero-order chi connectivity index (χ0) is 14.1. The first-order valence-corrected chi connectivity index (χ1v) is 4.38. The Kier molecular flexibility index (Phi) is 3.89. The lowest BCUT2D eigenvalue weighted by atomic mass is 10.3. The van der Waals surface area contributed by atoms with Gasteiger partial charge < -0.3 is 4.74 Å². The highest BCUT2D eigenvalue weighted by molar-refractivity contribution is 6.31. The van der Waals surface area contributed by atoms with E-state index in [1.807, 2.05) is 0 Å². The van der Waals surface area contributed by atoms with Crippen LogP contribution in [-0.4, -0.2) is 16.3 Å². The van der Waals surface area contributed by atoms with Crippen LogP contribution in [0.15, 0.2) is 6.07 Å². The van der Waals surface area contributed by atoms with Crippen molar-refractivity contribution < 1.29 is 31.6 Å². The minimum absolute atomic E-state index is 0.143. The van der Waals surface area contributed by atoms with Gasteiger partial charge in [-0.15, -0.1) is 13.2 Å². The van der Waals surface area contributed by atoms with E-state index in [0.29, 0.717) is 0 Å². The molecule has 1 aromatic rings. The predicted octanol–water partition coefficient (Wildman–Crippen LogP) is 3.48. The Hall–Kier alpha value is -1.71. The Bertz CT molecular complexity index is 479. The van der Waals surface area contributed by atoms with Crippen molar-refractivity contribution in [2.24, 2.45) is 0 Å². The van der Waals surface area contributed by atoms with Crippen LogP contribution < -0.4 is 4.74 Å². The Morgan fingerprint density at radius 2 is 2.00 bits per heavy atom. The summed E-state index contributed by atoms with van der Waals surface area (Å²) in [5.74, 6) is -1.46. The van der Waals surface area contributed by atoms with Gasteiger partial charge in [-0.1, -0.05) is 11.6 Å². The molecule has 0 aliphatic heterocycles. The second-order valence-electron chi connectivity index (χ2n) is 2.79. The van der Waals surface area contributed by atoms with Gasteiger partial charge in [0.15, 0.2) is 11.4 Å². The fourth-order valence-corrected chi connectivity index (χ4v) is 1.18. The van der Waals surface area contributed by atoms with Gasteiger partial charge in [0.25, 0.3) is 6.43 Å². The van der Waals surface area contributed by atoms with Crippen LogP contribution in [0.3, 0.4) is 0 Å². The Morgan fingerprint density at radius 3 is 2.39 bits per heavy atom. The van der Waals surface area contributed by atoms with Gasteiger partial charge >= 0.3 is 12.0 Å². The number of alkyl halides is 5. The number of ether oxygens (including phenoxy) is 1. The van der Waals surface area contributed by atoms with Gasteiger partial charge in [0.1, 0.15) is 0 Å². The summed E-state index contributed by atoms with van der Waals surface area (Å²) in [6.07, 6.45) is -8.71. The first kappa shape index (κ1) is 14.4. The van der Waals surface area contributed by atoms with Gasteiger partial charge in [0.2, 0.25) is 5.15 Å². The molecule has 100 valence electrons. The standard InChI is InChI=1S/C7H2ClF5N2O3/c8-5-2(15(16)17)1-3(18-7(11,12)13)4(14-5)6(9)10/h1,6H. The molecule has 0 N–H and O–H groups in total. The summed E-state index contributed by atoms with van der Waals surface area (Å²) in [6, 6.07) is 0.143. The highest BCUT2D eigenvalue weighted by Gasteiger charge is 2.35. The number of nitro groups is 1. The molecular weight excluding hydrogens is 291 g/mol. The van der Waals surface area contributed by atoms with Gasteiger partial charge in [-0.3, -0.25) is 10.1 Å². The third-order valence-corrected chi connectivity index (χ3v) is 1.86. The molecule has 0 unspecified atom stereocenters. The average molecular weight is 293 g/mol. The summed E-state index contributed by atoms with van der Waals surface area (Å²) < 4.78 is 63.7. The lowest BCUT2D eigenvalue weighted by Crippen LogP contribution is -2.19. The largest absolute Gasteiger partial charge is 0.573 e. The summed E-state index contributed by atoms with van der Waals surface area (Å²) in [5.41, 5.74) is -2.50. The molecule has 0 amide bonds. The van der Waals surface area contributed by atoms with Crippen LogP contribution in [0.25, 0.3) is 0 Å². The highest BCUT2D eigenvalue weighted by atomic mass is 35.5. The molecule has 0 aliphatic carbocycles. The van der Waals surface area contributed by atoms with Crippen molar-refractivity contribution in [2.75, 3.05) is 0 Å². The highest BCUT2D eigenvalue weighted by Crippen LogP contribution is 2.37. The third-order valence-electron chi connectivity index (χ3n) is 1.58. The van der Waals surface area contributed by atoms with Crippen molar-refractivity contribution in [3.8, 4) is 5.75 Å². The Morgan fingerprint density at radius 1 is 1.44 bits per heavy atom. The van der Waals surface area contributed by atoms with Crippen molar-refractivity contribution in [3.05, 3.63) is 27.0 Å². The van der Waals surface area contributed by atoms with Crippen molar-refractivity contribution in [1.29, 1.82) is 0 Å². The monoisotopic (exact) mass is 292 g/mol. The smallest absolute Gasteiger partial charge is 0.403 e.